The topological polar surface area (TPSA) is 17.8 Å². The van der Waals surface area contributed by atoms with Gasteiger partial charge in [0.2, 0.25) is 0 Å². The Balaban J connectivity index is 0.000001000. The molecule has 0 fully saturated rings. The van der Waals surface area contributed by atoms with Gasteiger partial charge in [-0.3, -0.25) is 4.68 Å². The van der Waals surface area contributed by atoms with Gasteiger partial charge in [0, 0.05) is 6.20 Å². The number of aryl methyl sites for hydroxylation is 1. The lowest BCUT2D eigenvalue weighted by Crippen LogP contribution is -2.21. The van der Waals surface area contributed by atoms with E-state index >= 15 is 0 Å². The lowest BCUT2D eigenvalue weighted by atomic mass is 10.1. The van der Waals surface area contributed by atoms with E-state index in [9.17, 15) is 0 Å². The Morgan fingerprint density at radius 2 is 1.91 bits per heavy atom. The van der Waals surface area contributed by atoms with Crippen molar-refractivity contribution in [3.8, 4) is 0 Å². The van der Waals surface area contributed by atoms with Gasteiger partial charge in [-0.15, -0.1) is 12.4 Å². The summed E-state index contributed by atoms with van der Waals surface area (Å²) in [5, 5.41) is 4.20. The third-order valence-electron chi connectivity index (χ3n) is 1.40. The van der Waals surface area contributed by atoms with Crippen LogP contribution in [0.2, 0.25) is 0 Å². The van der Waals surface area contributed by atoms with Crippen molar-refractivity contribution in [2.24, 2.45) is 0 Å². The van der Waals surface area contributed by atoms with Crippen molar-refractivity contribution in [1.29, 1.82) is 0 Å². The molecule has 0 atom stereocenters. The highest BCUT2D eigenvalue weighted by atomic mass is 35.5. The molecule has 64 valence electrons. The summed E-state index contributed by atoms with van der Waals surface area (Å²) in [5.74, 6) is 0. The Morgan fingerprint density at radius 1 is 1.36 bits per heavy atom. The molecule has 1 aromatic heterocycles. The van der Waals surface area contributed by atoms with Crippen LogP contribution >= 0.6 is 12.4 Å². The normalized spacial score (nSPS) is 10.9. The predicted octanol–water partition coefficient (Wildman–Crippen LogP) is 2.37. The fraction of sp³-hybridized carbons (Fsp3) is 0.625. The van der Waals surface area contributed by atoms with Gasteiger partial charge in [0.05, 0.1) is 11.7 Å². The van der Waals surface area contributed by atoms with Crippen molar-refractivity contribution in [2.75, 3.05) is 0 Å². The van der Waals surface area contributed by atoms with Crippen LogP contribution in [-0.2, 0) is 5.54 Å². The second kappa shape index (κ2) is 3.26. The molecule has 0 spiro atoms. The highest BCUT2D eigenvalue weighted by Crippen LogP contribution is 2.12. The average Bonchev–Trinajstić information content (AvgIpc) is 2.11. The molecule has 0 radical (unpaired) electrons. The second-order valence-electron chi connectivity index (χ2n) is 3.63. The predicted molar refractivity (Wildman–Crippen MR) is 49.2 cm³/mol. The van der Waals surface area contributed by atoms with Crippen LogP contribution in [0, 0.1) is 6.92 Å². The molecule has 11 heavy (non-hydrogen) atoms. The van der Waals surface area contributed by atoms with Gasteiger partial charge in [0.25, 0.3) is 0 Å². The molecular weight excluding hydrogens is 160 g/mol. The van der Waals surface area contributed by atoms with Crippen molar-refractivity contribution >= 4 is 12.4 Å². The summed E-state index contributed by atoms with van der Waals surface area (Å²) in [6, 6.07) is 0. The van der Waals surface area contributed by atoms with E-state index in [1.54, 1.807) is 0 Å². The van der Waals surface area contributed by atoms with E-state index in [0.29, 0.717) is 0 Å². The lowest BCUT2D eigenvalue weighted by Gasteiger charge is -2.18. The van der Waals surface area contributed by atoms with Crippen LogP contribution < -0.4 is 0 Å². The van der Waals surface area contributed by atoms with E-state index in [0.717, 1.165) is 0 Å². The molecule has 1 rings (SSSR count). The Labute approximate surface area is 74.0 Å². The number of halogens is 1. The first kappa shape index (κ1) is 10.5. The molecular formula is C8H15ClN2. The minimum atomic E-state index is 0. The highest BCUT2D eigenvalue weighted by molar-refractivity contribution is 5.85. The van der Waals surface area contributed by atoms with E-state index in [1.165, 1.54) is 5.56 Å². The average molecular weight is 175 g/mol. The Hall–Kier alpha value is -0.500. The van der Waals surface area contributed by atoms with Gasteiger partial charge >= 0.3 is 0 Å². The third kappa shape index (κ3) is 2.54. The molecule has 0 aliphatic heterocycles. The van der Waals surface area contributed by atoms with Crippen molar-refractivity contribution in [1.82, 2.24) is 9.78 Å². The molecule has 0 bridgehead atoms. The fourth-order valence-corrected chi connectivity index (χ4v) is 0.780. The van der Waals surface area contributed by atoms with Crippen LogP contribution in [0.1, 0.15) is 26.3 Å². The third-order valence-corrected chi connectivity index (χ3v) is 1.40. The van der Waals surface area contributed by atoms with Gasteiger partial charge in [-0.2, -0.15) is 5.10 Å². The molecule has 0 aromatic carbocycles. The maximum absolute atomic E-state index is 4.20. The highest BCUT2D eigenvalue weighted by Gasteiger charge is 2.12. The quantitative estimate of drug-likeness (QED) is 0.591. The molecule has 0 N–H and O–H groups in total. The summed E-state index contributed by atoms with van der Waals surface area (Å²) in [6.07, 6.45) is 3.94. The molecule has 0 saturated heterocycles. The first-order valence-corrected chi connectivity index (χ1v) is 3.52. The molecule has 3 heteroatoms. The van der Waals surface area contributed by atoms with Gasteiger partial charge < -0.3 is 0 Å². The number of hydrogen-bond acceptors (Lipinski definition) is 1. The molecule has 0 saturated carbocycles. The maximum atomic E-state index is 4.20. The van der Waals surface area contributed by atoms with Gasteiger partial charge in [-0.25, -0.2) is 0 Å². The Kier molecular flexibility index (Phi) is 3.12. The van der Waals surface area contributed by atoms with E-state index in [4.69, 9.17) is 0 Å². The van der Waals surface area contributed by atoms with Crippen molar-refractivity contribution in [2.45, 2.75) is 33.2 Å². The molecule has 0 aliphatic rings. The number of hydrogen-bond donors (Lipinski definition) is 0. The zero-order chi connectivity index (χ0) is 7.78. The SMILES string of the molecule is Cc1cnn(C(C)(C)C)c1.Cl. The molecule has 0 amide bonds. The standard InChI is InChI=1S/C8H14N2.ClH/c1-7-5-9-10(6-7)8(2,3)4;/h5-6H,1-4H3;1H. The van der Waals surface area contributed by atoms with E-state index in [1.807, 2.05) is 10.9 Å². The van der Waals surface area contributed by atoms with Gasteiger partial charge in [-0.05, 0) is 33.3 Å². The first-order valence-electron chi connectivity index (χ1n) is 3.52. The van der Waals surface area contributed by atoms with Crippen LogP contribution in [0.4, 0.5) is 0 Å². The smallest absolute Gasteiger partial charge is 0.0543 e. The molecule has 1 heterocycles. The summed E-state index contributed by atoms with van der Waals surface area (Å²) in [4.78, 5) is 0. The van der Waals surface area contributed by atoms with E-state index in [-0.39, 0.29) is 17.9 Å². The zero-order valence-corrected chi connectivity index (χ0v) is 8.27. The van der Waals surface area contributed by atoms with Gasteiger partial charge in [0.1, 0.15) is 0 Å². The van der Waals surface area contributed by atoms with Crippen LogP contribution in [0.5, 0.6) is 0 Å². The van der Waals surface area contributed by atoms with Gasteiger partial charge in [-0.1, -0.05) is 0 Å². The number of rotatable bonds is 0. The van der Waals surface area contributed by atoms with Crippen molar-refractivity contribution < 1.29 is 0 Å². The molecule has 0 unspecified atom stereocenters. The van der Waals surface area contributed by atoms with Crippen molar-refractivity contribution in [3.63, 3.8) is 0 Å². The summed E-state index contributed by atoms with van der Waals surface area (Å²) in [6.45, 7) is 8.47. The fourth-order valence-electron chi connectivity index (χ4n) is 0.780. The summed E-state index contributed by atoms with van der Waals surface area (Å²) >= 11 is 0. The largest absolute Gasteiger partial charge is 0.267 e. The Morgan fingerprint density at radius 3 is 2.09 bits per heavy atom. The summed E-state index contributed by atoms with van der Waals surface area (Å²) in [7, 11) is 0. The molecule has 1 aromatic rings. The lowest BCUT2D eigenvalue weighted by molar-refractivity contribution is 0.355. The van der Waals surface area contributed by atoms with Crippen molar-refractivity contribution in [3.05, 3.63) is 18.0 Å². The van der Waals surface area contributed by atoms with Crippen LogP contribution in [0.25, 0.3) is 0 Å². The van der Waals surface area contributed by atoms with Gasteiger partial charge in [0.15, 0.2) is 0 Å². The summed E-state index contributed by atoms with van der Waals surface area (Å²) in [5.41, 5.74) is 1.34. The second-order valence-corrected chi connectivity index (χ2v) is 3.63. The van der Waals surface area contributed by atoms with Crippen LogP contribution in [-0.4, -0.2) is 9.78 Å². The maximum Gasteiger partial charge on any atom is 0.0543 e. The van der Waals surface area contributed by atoms with E-state index < -0.39 is 0 Å². The minimum Gasteiger partial charge on any atom is -0.267 e. The Bertz CT molecular complexity index is 222. The molecule has 0 aliphatic carbocycles. The first-order chi connectivity index (χ1) is 4.50. The monoisotopic (exact) mass is 174 g/mol. The van der Waals surface area contributed by atoms with Crippen LogP contribution in [0.15, 0.2) is 12.4 Å². The van der Waals surface area contributed by atoms with E-state index in [2.05, 4.69) is 39.0 Å². The summed E-state index contributed by atoms with van der Waals surface area (Å²) < 4.78 is 1.97. The number of aromatic nitrogens is 2. The minimum absolute atomic E-state index is 0. The molecule has 2 nitrogen and oxygen atoms in total. The van der Waals surface area contributed by atoms with Crippen LogP contribution in [0.3, 0.4) is 0 Å². The number of nitrogens with zero attached hydrogens (tertiary/aromatic N) is 2. The zero-order valence-electron chi connectivity index (χ0n) is 7.46.